The van der Waals surface area contributed by atoms with E-state index in [1.165, 1.54) is 12.8 Å². The second kappa shape index (κ2) is 1.71. The van der Waals surface area contributed by atoms with Crippen molar-refractivity contribution in [2.45, 2.75) is 32.3 Å². The van der Waals surface area contributed by atoms with Crippen LogP contribution in [0.3, 0.4) is 0 Å². The zero-order valence-electron chi connectivity index (χ0n) is 7.05. The van der Waals surface area contributed by atoms with Gasteiger partial charge < -0.3 is 10.5 Å². The summed E-state index contributed by atoms with van der Waals surface area (Å²) in [5, 5.41) is 0. The van der Waals surface area contributed by atoms with Gasteiger partial charge in [-0.25, -0.2) is 4.99 Å². The Balaban J connectivity index is 2.14. The lowest BCUT2D eigenvalue weighted by Gasteiger charge is -2.29. The number of hydrogen-bond donors (Lipinski definition) is 1. The minimum absolute atomic E-state index is 0.114. The van der Waals surface area contributed by atoms with E-state index in [1.807, 2.05) is 0 Å². The third-order valence-corrected chi connectivity index (χ3v) is 3.14. The summed E-state index contributed by atoms with van der Waals surface area (Å²) in [5.41, 5.74) is 5.68. The molecule has 1 unspecified atom stereocenters. The minimum Gasteiger partial charge on any atom is -0.457 e. The minimum atomic E-state index is -0.114. The Hall–Kier alpha value is -0.730. The van der Waals surface area contributed by atoms with Crippen LogP contribution >= 0.6 is 0 Å². The van der Waals surface area contributed by atoms with Crippen LogP contribution in [0.2, 0.25) is 0 Å². The summed E-state index contributed by atoms with van der Waals surface area (Å²) in [7, 11) is 0. The van der Waals surface area contributed by atoms with E-state index >= 15 is 0 Å². The molecule has 1 saturated carbocycles. The highest BCUT2D eigenvalue weighted by molar-refractivity contribution is 5.73. The monoisotopic (exact) mass is 154 g/mol. The van der Waals surface area contributed by atoms with Crippen molar-refractivity contribution in [1.82, 2.24) is 0 Å². The van der Waals surface area contributed by atoms with Crippen LogP contribution < -0.4 is 5.73 Å². The van der Waals surface area contributed by atoms with Gasteiger partial charge in [-0.2, -0.15) is 0 Å². The number of amidine groups is 1. The summed E-state index contributed by atoms with van der Waals surface area (Å²) in [6.07, 6.45) is 2.48. The molecule has 0 amide bonds. The number of nitrogens with zero attached hydrogens (tertiary/aromatic N) is 1. The SMILES string of the molecule is CC1(C2(C)CN=C(N)O2)CC1. The van der Waals surface area contributed by atoms with Gasteiger partial charge in [0.05, 0.1) is 6.54 Å². The number of aliphatic imine (C=N–C) groups is 1. The second-order valence-corrected chi connectivity index (χ2v) is 4.05. The summed E-state index contributed by atoms with van der Waals surface area (Å²) in [5.74, 6) is 0. The number of rotatable bonds is 1. The van der Waals surface area contributed by atoms with Crippen molar-refractivity contribution in [1.29, 1.82) is 0 Å². The van der Waals surface area contributed by atoms with Gasteiger partial charge in [0, 0.05) is 5.41 Å². The lowest BCUT2D eigenvalue weighted by Crippen LogP contribution is -2.39. The molecule has 3 nitrogen and oxygen atoms in total. The summed E-state index contributed by atoms with van der Waals surface area (Å²) in [6.45, 7) is 5.07. The maximum atomic E-state index is 5.50. The molecule has 1 atom stereocenters. The van der Waals surface area contributed by atoms with Crippen LogP contribution in [0.1, 0.15) is 26.7 Å². The average molecular weight is 154 g/mol. The molecule has 1 aliphatic heterocycles. The van der Waals surface area contributed by atoms with Crippen molar-refractivity contribution in [2.75, 3.05) is 6.54 Å². The van der Waals surface area contributed by atoms with E-state index in [4.69, 9.17) is 10.5 Å². The molecule has 0 aromatic carbocycles. The fraction of sp³-hybridized carbons (Fsp3) is 0.875. The molecule has 1 fully saturated rings. The Morgan fingerprint density at radius 3 is 2.45 bits per heavy atom. The molecule has 2 aliphatic rings. The quantitative estimate of drug-likeness (QED) is 0.609. The van der Waals surface area contributed by atoms with Crippen LogP contribution in [0.25, 0.3) is 0 Å². The zero-order chi connectivity index (χ0) is 8.11. The predicted octanol–water partition coefficient (Wildman–Crippen LogP) is 0.890. The van der Waals surface area contributed by atoms with E-state index in [1.54, 1.807) is 0 Å². The number of hydrogen-bond acceptors (Lipinski definition) is 3. The number of nitrogens with two attached hydrogens (primary N) is 1. The highest BCUT2D eigenvalue weighted by atomic mass is 16.5. The van der Waals surface area contributed by atoms with E-state index in [9.17, 15) is 0 Å². The molecular formula is C8H14N2O. The van der Waals surface area contributed by atoms with Gasteiger partial charge in [-0.3, -0.25) is 0 Å². The standard InChI is InChI=1S/C8H14N2O/c1-7(3-4-7)8(2)5-10-6(9)11-8/h3-5H2,1-2H3,(H2,9,10). The zero-order valence-corrected chi connectivity index (χ0v) is 7.05. The molecule has 3 heteroatoms. The second-order valence-electron chi connectivity index (χ2n) is 4.05. The summed E-state index contributed by atoms with van der Waals surface area (Å²) < 4.78 is 5.50. The van der Waals surface area contributed by atoms with Crippen LogP contribution in [0.15, 0.2) is 4.99 Å². The van der Waals surface area contributed by atoms with E-state index in [2.05, 4.69) is 18.8 Å². The first kappa shape index (κ1) is 6.95. The van der Waals surface area contributed by atoms with Gasteiger partial charge >= 0.3 is 0 Å². The molecule has 62 valence electrons. The molecule has 2 N–H and O–H groups in total. The highest BCUT2D eigenvalue weighted by Gasteiger charge is 2.56. The maximum absolute atomic E-state index is 5.50. The molecule has 0 spiro atoms. The van der Waals surface area contributed by atoms with Crippen molar-refractivity contribution in [3.63, 3.8) is 0 Å². The maximum Gasteiger partial charge on any atom is 0.282 e. The largest absolute Gasteiger partial charge is 0.457 e. The molecule has 0 radical (unpaired) electrons. The molecule has 1 heterocycles. The summed E-state index contributed by atoms with van der Waals surface area (Å²) in [4.78, 5) is 4.07. The fourth-order valence-corrected chi connectivity index (χ4v) is 1.55. The van der Waals surface area contributed by atoms with E-state index in [0.29, 0.717) is 11.4 Å². The lowest BCUT2D eigenvalue weighted by atomic mass is 9.88. The smallest absolute Gasteiger partial charge is 0.282 e. The number of ether oxygens (including phenoxy) is 1. The molecule has 11 heavy (non-hydrogen) atoms. The molecule has 2 rings (SSSR count). The van der Waals surface area contributed by atoms with Gasteiger partial charge in [-0.1, -0.05) is 6.92 Å². The first-order valence-electron chi connectivity index (χ1n) is 4.05. The molecule has 0 aromatic rings. The van der Waals surface area contributed by atoms with Gasteiger partial charge in [0.15, 0.2) is 0 Å². The Morgan fingerprint density at radius 1 is 1.45 bits per heavy atom. The van der Waals surface area contributed by atoms with Crippen LogP contribution in [-0.4, -0.2) is 18.2 Å². The van der Waals surface area contributed by atoms with Crippen LogP contribution in [0.5, 0.6) is 0 Å². The molecule has 0 aromatic heterocycles. The fourth-order valence-electron chi connectivity index (χ4n) is 1.55. The third kappa shape index (κ3) is 0.832. The van der Waals surface area contributed by atoms with Gasteiger partial charge in [0.2, 0.25) is 0 Å². The molecule has 0 bridgehead atoms. The average Bonchev–Trinajstić information content (AvgIpc) is 2.57. The summed E-state index contributed by atoms with van der Waals surface area (Å²) >= 11 is 0. The van der Waals surface area contributed by atoms with Gasteiger partial charge in [-0.05, 0) is 19.8 Å². The Morgan fingerprint density at radius 2 is 2.09 bits per heavy atom. The van der Waals surface area contributed by atoms with Crippen molar-refractivity contribution in [2.24, 2.45) is 16.1 Å². The van der Waals surface area contributed by atoms with Gasteiger partial charge in [0.1, 0.15) is 5.60 Å². The predicted molar refractivity (Wildman–Crippen MR) is 43.3 cm³/mol. The van der Waals surface area contributed by atoms with Crippen molar-refractivity contribution < 1.29 is 4.74 Å². The topological polar surface area (TPSA) is 47.6 Å². The normalized spacial score (nSPS) is 39.6. The highest BCUT2D eigenvalue weighted by Crippen LogP contribution is 2.56. The van der Waals surface area contributed by atoms with E-state index in [-0.39, 0.29) is 5.60 Å². The first-order chi connectivity index (χ1) is 5.06. The Bertz CT molecular complexity index is 220. The van der Waals surface area contributed by atoms with Gasteiger partial charge in [-0.15, -0.1) is 0 Å². The third-order valence-electron chi connectivity index (χ3n) is 3.14. The first-order valence-corrected chi connectivity index (χ1v) is 4.05. The molecular weight excluding hydrogens is 140 g/mol. The van der Waals surface area contributed by atoms with Crippen LogP contribution in [-0.2, 0) is 4.74 Å². The van der Waals surface area contributed by atoms with Crippen molar-refractivity contribution in [3.05, 3.63) is 0 Å². The van der Waals surface area contributed by atoms with Crippen LogP contribution in [0, 0.1) is 5.41 Å². The molecule has 1 aliphatic carbocycles. The Kier molecular flexibility index (Phi) is 1.08. The lowest BCUT2D eigenvalue weighted by molar-refractivity contribution is 0.0342. The van der Waals surface area contributed by atoms with Gasteiger partial charge in [0.25, 0.3) is 6.02 Å². The van der Waals surface area contributed by atoms with Crippen molar-refractivity contribution >= 4 is 6.02 Å². The molecule has 0 saturated heterocycles. The van der Waals surface area contributed by atoms with Crippen molar-refractivity contribution in [3.8, 4) is 0 Å². The van der Waals surface area contributed by atoms with E-state index in [0.717, 1.165) is 6.54 Å². The van der Waals surface area contributed by atoms with E-state index < -0.39 is 0 Å². The Labute approximate surface area is 66.6 Å². The van der Waals surface area contributed by atoms with Crippen LogP contribution in [0.4, 0.5) is 0 Å². The summed E-state index contributed by atoms with van der Waals surface area (Å²) in [6, 6.07) is 0.362.